The maximum Gasteiger partial charge on any atom is 0.154 e. The van der Waals surface area contributed by atoms with Crippen LogP contribution >= 0.6 is 0 Å². The Hall–Kier alpha value is -3.29. The Balaban J connectivity index is 0.000000956. The van der Waals surface area contributed by atoms with Gasteiger partial charge in [-0.15, -0.1) is 0 Å². The average Bonchev–Trinajstić information content (AvgIpc) is 3.62. The molecule has 0 saturated carbocycles. The van der Waals surface area contributed by atoms with E-state index in [1.807, 2.05) is 39.1 Å². The van der Waals surface area contributed by atoms with E-state index in [4.69, 9.17) is 15.1 Å². The number of nitrogens with zero attached hydrogens (tertiary/aromatic N) is 4. The Morgan fingerprint density at radius 1 is 0.974 bits per heavy atom. The average molecular weight is 518 g/mol. The summed E-state index contributed by atoms with van der Waals surface area (Å²) in [6, 6.07) is 14.8. The lowest BCUT2D eigenvalue weighted by Crippen LogP contribution is -2.18. The Labute approximate surface area is 226 Å². The minimum Gasteiger partial charge on any atom is -0.400 e. The number of aliphatic hydroxyl groups is 1. The molecule has 4 aromatic rings. The number of aliphatic hydroxyl groups excluding tert-OH is 1. The third-order valence-corrected chi connectivity index (χ3v) is 6.88. The molecule has 0 spiro atoms. The van der Waals surface area contributed by atoms with Crippen LogP contribution < -0.4 is 5.32 Å². The fourth-order valence-corrected chi connectivity index (χ4v) is 5.03. The minimum absolute atomic E-state index is 0.632. The Morgan fingerprint density at radius 3 is 2.24 bits per heavy atom. The van der Waals surface area contributed by atoms with E-state index in [2.05, 4.69) is 46.0 Å². The van der Waals surface area contributed by atoms with Gasteiger partial charge in [0.15, 0.2) is 5.82 Å². The van der Waals surface area contributed by atoms with Gasteiger partial charge in [0, 0.05) is 44.6 Å². The van der Waals surface area contributed by atoms with Crippen LogP contribution in [0.4, 0.5) is 5.82 Å². The largest absolute Gasteiger partial charge is 0.400 e. The summed E-state index contributed by atoms with van der Waals surface area (Å²) in [5, 5.41) is 11.3. The highest BCUT2D eigenvalue weighted by atomic mass is 16.2. The number of unbranched alkanes of at least 4 members (excludes halogenated alkanes) is 1. The molecule has 0 unspecified atom stereocenters. The van der Waals surface area contributed by atoms with Crippen molar-refractivity contribution in [2.75, 3.05) is 32.6 Å². The number of aryl methyl sites for hydroxylation is 1. The van der Waals surface area contributed by atoms with Crippen LogP contribution in [0.2, 0.25) is 0 Å². The van der Waals surface area contributed by atoms with Crippen molar-refractivity contribution in [3.05, 3.63) is 65.0 Å². The number of likely N-dealkylation sites (tertiary alicyclic amines) is 1. The second kappa shape index (κ2) is 14.6. The summed E-state index contributed by atoms with van der Waals surface area (Å²) in [6.45, 7) is 10.4. The molecular formula is C31H43N5O2. The number of hydrogen-bond donors (Lipinski definition) is 2. The molecule has 204 valence electrons. The Bertz CT molecular complexity index is 1310. The number of imidazole rings is 1. The number of carbonyl (C=O) groups excluding carboxylic acids is 1. The molecule has 3 heterocycles. The van der Waals surface area contributed by atoms with Crippen molar-refractivity contribution in [2.45, 2.75) is 66.0 Å². The molecule has 1 saturated heterocycles. The number of anilines is 1. The number of aldehydes is 1. The van der Waals surface area contributed by atoms with Gasteiger partial charge < -0.3 is 15.0 Å². The predicted molar refractivity (Wildman–Crippen MR) is 158 cm³/mol. The first-order valence-electron chi connectivity index (χ1n) is 13.9. The molecule has 7 nitrogen and oxygen atoms in total. The molecule has 2 aromatic carbocycles. The number of carbonyl (C=O) groups is 1. The van der Waals surface area contributed by atoms with Gasteiger partial charge in [-0.05, 0) is 55.6 Å². The Kier molecular flexibility index (Phi) is 11.2. The van der Waals surface area contributed by atoms with Gasteiger partial charge in [-0.3, -0.25) is 9.69 Å². The summed E-state index contributed by atoms with van der Waals surface area (Å²) < 4.78 is 2.35. The van der Waals surface area contributed by atoms with Crippen LogP contribution in [-0.2, 0) is 19.5 Å². The van der Waals surface area contributed by atoms with Crippen molar-refractivity contribution in [3.8, 4) is 0 Å². The number of rotatable bonds is 9. The van der Waals surface area contributed by atoms with E-state index in [0.29, 0.717) is 5.56 Å². The molecule has 0 bridgehead atoms. The first-order chi connectivity index (χ1) is 18.7. The number of hydrogen-bond acceptors (Lipinski definition) is 6. The molecular weight excluding hydrogens is 474 g/mol. The topological polar surface area (TPSA) is 83.3 Å². The van der Waals surface area contributed by atoms with Crippen LogP contribution in [0, 0.1) is 0 Å². The van der Waals surface area contributed by atoms with Crippen LogP contribution in [0.15, 0.2) is 42.5 Å². The fraction of sp³-hybridized carbons (Fsp3) is 0.452. The summed E-state index contributed by atoms with van der Waals surface area (Å²) >= 11 is 0. The van der Waals surface area contributed by atoms with Crippen LogP contribution in [0.5, 0.6) is 0 Å². The smallest absolute Gasteiger partial charge is 0.154 e. The van der Waals surface area contributed by atoms with E-state index in [1.54, 1.807) is 0 Å². The summed E-state index contributed by atoms with van der Waals surface area (Å²) in [4.78, 5) is 23.7. The number of pyridine rings is 1. The molecule has 5 rings (SSSR count). The molecule has 38 heavy (non-hydrogen) atoms. The molecule has 1 aliphatic rings. The number of benzene rings is 2. The third-order valence-electron chi connectivity index (χ3n) is 6.88. The van der Waals surface area contributed by atoms with E-state index >= 15 is 0 Å². The summed E-state index contributed by atoms with van der Waals surface area (Å²) in [7, 11) is 2.88. The summed E-state index contributed by atoms with van der Waals surface area (Å²) in [6.07, 6.45) is 6.64. The van der Waals surface area contributed by atoms with E-state index in [1.165, 1.54) is 37.1 Å². The zero-order valence-corrected chi connectivity index (χ0v) is 23.6. The van der Waals surface area contributed by atoms with Crippen LogP contribution in [0.25, 0.3) is 21.9 Å². The molecule has 0 radical (unpaired) electrons. The second-order valence-corrected chi connectivity index (χ2v) is 9.32. The highest BCUT2D eigenvalue weighted by Crippen LogP contribution is 2.31. The van der Waals surface area contributed by atoms with Gasteiger partial charge in [0.1, 0.15) is 17.6 Å². The van der Waals surface area contributed by atoms with Gasteiger partial charge in [-0.2, -0.15) is 0 Å². The first-order valence-corrected chi connectivity index (χ1v) is 13.9. The van der Waals surface area contributed by atoms with Gasteiger partial charge in [0.2, 0.25) is 0 Å². The fourth-order valence-electron chi connectivity index (χ4n) is 5.03. The second-order valence-electron chi connectivity index (χ2n) is 9.32. The van der Waals surface area contributed by atoms with Gasteiger partial charge in [0.25, 0.3) is 0 Å². The number of fused-ring (bicyclic) bond motifs is 3. The van der Waals surface area contributed by atoms with Crippen LogP contribution in [0.3, 0.4) is 0 Å². The lowest BCUT2D eigenvalue weighted by atomic mass is 10.1. The lowest BCUT2D eigenvalue weighted by Gasteiger charge is -2.15. The first kappa shape index (κ1) is 29.3. The molecule has 2 N–H and O–H groups in total. The van der Waals surface area contributed by atoms with Gasteiger partial charge in [0.05, 0.1) is 11.0 Å². The number of aromatic nitrogens is 3. The zero-order chi connectivity index (χ0) is 27.5. The predicted octanol–water partition coefficient (Wildman–Crippen LogP) is 6.06. The molecule has 1 aliphatic heterocycles. The van der Waals surface area contributed by atoms with E-state index < -0.39 is 0 Å². The molecule has 7 heteroatoms. The summed E-state index contributed by atoms with van der Waals surface area (Å²) in [5.74, 6) is 1.84. The zero-order valence-electron chi connectivity index (χ0n) is 23.6. The van der Waals surface area contributed by atoms with Crippen molar-refractivity contribution in [2.24, 2.45) is 0 Å². The monoisotopic (exact) mass is 517 g/mol. The SMILES string of the molecule is CC.CCCCc1nc2c(NC)nc3cc(C=O)ccc3c2n1Cc1ccc(CN2CCCC2)cc1.CO. The standard InChI is InChI=1S/C28H33N5O.C2H6.CH4O/c1-3-4-7-25-31-26-27(23-13-12-22(19-34)16-24(23)30-28(26)29-2)33(25)18-21-10-8-20(9-11-21)17-32-14-5-6-15-32;2*1-2/h8-13,16,19H,3-7,14-15,17-18H2,1-2H3,(H,29,30);1-2H3;2H,1H3. The normalized spacial score (nSPS) is 13.1. The van der Waals surface area contributed by atoms with E-state index in [-0.39, 0.29) is 0 Å². The molecule has 0 aliphatic carbocycles. The van der Waals surface area contributed by atoms with Gasteiger partial charge >= 0.3 is 0 Å². The van der Waals surface area contributed by atoms with Gasteiger partial charge in [-0.25, -0.2) is 9.97 Å². The number of nitrogens with one attached hydrogen (secondary N) is 1. The lowest BCUT2D eigenvalue weighted by molar-refractivity contribution is 0.112. The van der Waals surface area contributed by atoms with E-state index in [0.717, 1.165) is 79.3 Å². The molecule has 1 fully saturated rings. The molecule has 2 aromatic heterocycles. The van der Waals surface area contributed by atoms with E-state index in [9.17, 15) is 4.79 Å². The molecule has 0 atom stereocenters. The quantitative estimate of drug-likeness (QED) is 0.263. The van der Waals surface area contributed by atoms with Crippen LogP contribution in [-0.4, -0.2) is 58.1 Å². The third kappa shape index (κ3) is 6.58. The maximum atomic E-state index is 11.4. The van der Waals surface area contributed by atoms with Crippen molar-refractivity contribution < 1.29 is 9.90 Å². The van der Waals surface area contributed by atoms with Crippen molar-refractivity contribution >= 4 is 34.0 Å². The van der Waals surface area contributed by atoms with Crippen molar-refractivity contribution in [3.63, 3.8) is 0 Å². The van der Waals surface area contributed by atoms with Crippen molar-refractivity contribution in [1.29, 1.82) is 0 Å². The maximum absolute atomic E-state index is 11.4. The highest BCUT2D eigenvalue weighted by Gasteiger charge is 2.19. The Morgan fingerprint density at radius 2 is 1.63 bits per heavy atom. The highest BCUT2D eigenvalue weighted by molar-refractivity contribution is 6.08. The molecule has 0 amide bonds. The van der Waals surface area contributed by atoms with Crippen LogP contribution in [0.1, 0.15) is 73.8 Å². The summed E-state index contributed by atoms with van der Waals surface area (Å²) in [5.41, 5.74) is 6.06. The van der Waals surface area contributed by atoms with Gasteiger partial charge in [-0.1, -0.05) is 57.5 Å². The minimum atomic E-state index is 0.632. The van der Waals surface area contributed by atoms with Crippen molar-refractivity contribution in [1.82, 2.24) is 19.4 Å².